The summed E-state index contributed by atoms with van der Waals surface area (Å²) >= 11 is 7.65. The van der Waals surface area contributed by atoms with Gasteiger partial charge in [-0.05, 0) is 24.1 Å². The topological polar surface area (TPSA) is 45.2 Å². The van der Waals surface area contributed by atoms with Crippen LogP contribution in [0.4, 0.5) is 0 Å². The maximum absolute atomic E-state index is 12.6. The lowest BCUT2D eigenvalue weighted by molar-refractivity contribution is -0.134. The Bertz CT molecular complexity index is 639. The van der Waals surface area contributed by atoms with Gasteiger partial charge in [0.25, 0.3) is 0 Å². The van der Waals surface area contributed by atoms with Gasteiger partial charge in [0.1, 0.15) is 0 Å². The van der Waals surface area contributed by atoms with Crippen LogP contribution in [0.2, 0.25) is 5.02 Å². The van der Waals surface area contributed by atoms with Gasteiger partial charge in [-0.15, -0.1) is 36.2 Å². The van der Waals surface area contributed by atoms with E-state index in [4.69, 9.17) is 11.6 Å². The highest BCUT2D eigenvalue weighted by atomic mass is 35.5. The molecule has 2 aromatic rings. The summed E-state index contributed by atoms with van der Waals surface area (Å²) in [6.07, 6.45) is 1.20. The van der Waals surface area contributed by atoms with Gasteiger partial charge in [-0.2, -0.15) is 0 Å². The van der Waals surface area contributed by atoms with Crippen LogP contribution in [-0.4, -0.2) is 35.4 Å². The van der Waals surface area contributed by atoms with Gasteiger partial charge in [-0.25, -0.2) is 4.98 Å². The number of aryl methyl sites for hydroxylation is 1. The predicted molar refractivity (Wildman–Crippen MR) is 104 cm³/mol. The molecule has 0 saturated carbocycles. The number of halogens is 3. The Balaban J connectivity index is 0.00000144. The maximum atomic E-state index is 12.6. The molecule has 0 aliphatic carbocycles. The van der Waals surface area contributed by atoms with E-state index in [-0.39, 0.29) is 36.8 Å². The number of amides is 1. The fourth-order valence-corrected chi connectivity index (χ4v) is 3.55. The largest absolute Gasteiger partial charge is 0.333 e. The first-order valence-corrected chi connectivity index (χ1v) is 8.69. The summed E-state index contributed by atoms with van der Waals surface area (Å²) in [5.74, 6) is 0.180. The molecule has 0 spiro atoms. The first-order valence-electron chi connectivity index (χ1n) is 7.37. The fraction of sp³-hybridized carbons (Fsp3) is 0.375. The second-order valence-corrected chi connectivity index (χ2v) is 6.50. The summed E-state index contributed by atoms with van der Waals surface area (Å²) in [7, 11) is 0. The van der Waals surface area contributed by atoms with Crippen LogP contribution in [0.15, 0.2) is 35.2 Å². The Hall–Kier alpha value is -0.850. The minimum absolute atomic E-state index is 0. The van der Waals surface area contributed by atoms with Crippen molar-refractivity contribution in [1.29, 1.82) is 0 Å². The van der Waals surface area contributed by atoms with Gasteiger partial charge in [0, 0.05) is 36.5 Å². The minimum Gasteiger partial charge on any atom is -0.333 e. The molecule has 1 fully saturated rings. The van der Waals surface area contributed by atoms with Crippen molar-refractivity contribution in [3.63, 3.8) is 0 Å². The average molecular weight is 409 g/mol. The molecule has 1 saturated heterocycles. The zero-order valence-electron chi connectivity index (χ0n) is 13.0. The predicted octanol–water partition coefficient (Wildman–Crippen LogP) is 3.75. The molecule has 1 aromatic carbocycles. The van der Waals surface area contributed by atoms with E-state index in [0.29, 0.717) is 17.9 Å². The van der Waals surface area contributed by atoms with E-state index < -0.39 is 0 Å². The van der Waals surface area contributed by atoms with Crippen molar-refractivity contribution in [2.75, 3.05) is 19.6 Å². The summed E-state index contributed by atoms with van der Waals surface area (Å²) in [4.78, 5) is 18.8. The van der Waals surface area contributed by atoms with E-state index in [1.54, 1.807) is 16.8 Å². The Kier molecular flexibility index (Phi) is 9.02. The van der Waals surface area contributed by atoms with Crippen molar-refractivity contribution in [3.05, 3.63) is 51.4 Å². The standard InChI is InChI=1S/C16H18ClN3OS.2ClH/c17-13-3-1-2-12(8-13)15-9-18-6-7-20(15)16(21)5-4-14-10-22-11-19-14;;/h1-3,8,10-11,15,18H,4-7,9H2;2*1H. The van der Waals surface area contributed by atoms with Crippen molar-refractivity contribution in [3.8, 4) is 0 Å². The van der Waals surface area contributed by atoms with Crippen LogP contribution >= 0.6 is 47.8 Å². The second-order valence-electron chi connectivity index (χ2n) is 5.34. The number of aromatic nitrogens is 1. The highest BCUT2D eigenvalue weighted by Crippen LogP contribution is 2.25. The first-order chi connectivity index (χ1) is 10.7. The molecule has 3 rings (SSSR count). The zero-order chi connectivity index (χ0) is 15.4. The monoisotopic (exact) mass is 407 g/mol. The normalized spacial score (nSPS) is 16.9. The van der Waals surface area contributed by atoms with Gasteiger partial charge < -0.3 is 10.2 Å². The van der Waals surface area contributed by atoms with E-state index in [1.807, 2.05) is 34.5 Å². The van der Waals surface area contributed by atoms with E-state index in [1.165, 1.54) is 0 Å². The summed E-state index contributed by atoms with van der Waals surface area (Å²) in [6, 6.07) is 7.82. The van der Waals surface area contributed by atoms with Gasteiger partial charge in [-0.1, -0.05) is 23.7 Å². The number of piperazine rings is 1. The molecular formula is C16H20Cl3N3OS. The van der Waals surface area contributed by atoms with Crippen molar-refractivity contribution in [2.24, 2.45) is 0 Å². The molecule has 2 heterocycles. The highest BCUT2D eigenvalue weighted by Gasteiger charge is 2.27. The lowest BCUT2D eigenvalue weighted by Crippen LogP contribution is -2.48. The van der Waals surface area contributed by atoms with Crippen molar-refractivity contribution in [1.82, 2.24) is 15.2 Å². The van der Waals surface area contributed by atoms with Crippen LogP contribution in [0, 0.1) is 0 Å². The van der Waals surface area contributed by atoms with Crippen LogP contribution < -0.4 is 5.32 Å². The molecule has 1 aromatic heterocycles. The third-order valence-corrected chi connectivity index (χ3v) is 4.75. The third kappa shape index (κ3) is 5.33. The Morgan fingerprint density at radius 3 is 2.96 bits per heavy atom. The Morgan fingerprint density at radius 2 is 2.25 bits per heavy atom. The number of hydrogen-bond donors (Lipinski definition) is 1. The molecule has 1 N–H and O–H groups in total. The Labute approximate surface area is 163 Å². The van der Waals surface area contributed by atoms with Gasteiger partial charge in [0.2, 0.25) is 5.91 Å². The number of carbonyl (C=O) groups is 1. The van der Waals surface area contributed by atoms with Crippen LogP contribution in [0.25, 0.3) is 0 Å². The molecule has 0 radical (unpaired) electrons. The summed E-state index contributed by atoms with van der Waals surface area (Å²) in [6.45, 7) is 2.33. The lowest BCUT2D eigenvalue weighted by atomic mass is 10.0. The van der Waals surface area contributed by atoms with E-state index in [9.17, 15) is 4.79 Å². The summed E-state index contributed by atoms with van der Waals surface area (Å²) in [5, 5.41) is 6.07. The Morgan fingerprint density at radius 1 is 1.42 bits per heavy atom. The first kappa shape index (κ1) is 21.2. The average Bonchev–Trinajstić information content (AvgIpc) is 3.06. The van der Waals surface area contributed by atoms with E-state index >= 15 is 0 Å². The minimum atomic E-state index is 0. The van der Waals surface area contributed by atoms with E-state index in [0.717, 1.165) is 30.9 Å². The molecule has 1 aliphatic rings. The summed E-state index contributed by atoms with van der Waals surface area (Å²) in [5.41, 5.74) is 3.88. The summed E-state index contributed by atoms with van der Waals surface area (Å²) < 4.78 is 0. The quantitative estimate of drug-likeness (QED) is 0.838. The molecule has 1 atom stereocenters. The molecule has 1 unspecified atom stereocenters. The number of nitrogens with zero attached hydrogens (tertiary/aromatic N) is 2. The van der Waals surface area contributed by atoms with Crippen molar-refractivity contribution >= 4 is 53.7 Å². The molecule has 132 valence electrons. The lowest BCUT2D eigenvalue weighted by Gasteiger charge is -2.36. The van der Waals surface area contributed by atoms with Gasteiger partial charge in [0.15, 0.2) is 0 Å². The number of thiazole rings is 1. The number of rotatable bonds is 4. The maximum Gasteiger partial charge on any atom is 0.223 e. The van der Waals surface area contributed by atoms with Crippen LogP contribution in [0.3, 0.4) is 0 Å². The number of hydrogen-bond acceptors (Lipinski definition) is 4. The molecule has 24 heavy (non-hydrogen) atoms. The van der Waals surface area contributed by atoms with E-state index in [2.05, 4.69) is 10.3 Å². The molecule has 8 heteroatoms. The second kappa shape index (κ2) is 10.2. The number of benzene rings is 1. The SMILES string of the molecule is Cl.Cl.O=C(CCc1cscn1)N1CCNCC1c1cccc(Cl)c1. The van der Waals surface area contributed by atoms with Crippen LogP contribution in [0.1, 0.15) is 23.7 Å². The van der Waals surface area contributed by atoms with Crippen LogP contribution in [0.5, 0.6) is 0 Å². The van der Waals surface area contributed by atoms with Crippen molar-refractivity contribution < 1.29 is 4.79 Å². The molecule has 1 amide bonds. The molecule has 4 nitrogen and oxygen atoms in total. The van der Waals surface area contributed by atoms with Crippen LogP contribution in [-0.2, 0) is 11.2 Å². The molecule has 0 bridgehead atoms. The highest BCUT2D eigenvalue weighted by molar-refractivity contribution is 7.07. The zero-order valence-corrected chi connectivity index (χ0v) is 16.2. The fourth-order valence-electron chi connectivity index (χ4n) is 2.75. The van der Waals surface area contributed by atoms with Gasteiger partial charge in [-0.3, -0.25) is 4.79 Å². The van der Waals surface area contributed by atoms with Gasteiger partial charge in [0.05, 0.1) is 17.2 Å². The van der Waals surface area contributed by atoms with Crippen molar-refractivity contribution in [2.45, 2.75) is 18.9 Å². The third-order valence-electron chi connectivity index (χ3n) is 3.88. The number of nitrogens with one attached hydrogen (secondary N) is 1. The van der Waals surface area contributed by atoms with Gasteiger partial charge >= 0.3 is 0 Å². The smallest absolute Gasteiger partial charge is 0.223 e. The number of carbonyl (C=O) groups excluding carboxylic acids is 1. The molecule has 1 aliphatic heterocycles. The molecular weight excluding hydrogens is 389 g/mol.